The highest BCUT2D eigenvalue weighted by Crippen LogP contribution is 2.67. The van der Waals surface area contributed by atoms with Crippen LogP contribution in [0.5, 0.6) is 0 Å². The van der Waals surface area contributed by atoms with Crippen molar-refractivity contribution in [1.82, 2.24) is 0 Å². The monoisotopic (exact) mass is 485 g/mol. The summed E-state index contributed by atoms with van der Waals surface area (Å²) in [5, 5.41) is 6.36. The lowest BCUT2D eigenvalue weighted by Gasteiger charge is -2.65. The summed E-state index contributed by atoms with van der Waals surface area (Å²) in [5.74, 6) is 4.19. The quantitative estimate of drug-likeness (QED) is 0.267. The van der Waals surface area contributed by atoms with Crippen LogP contribution in [0.1, 0.15) is 38.2 Å². The van der Waals surface area contributed by atoms with Gasteiger partial charge in [0.2, 0.25) is 0 Å². The minimum atomic E-state index is 0.365. The zero-order chi connectivity index (χ0) is 23.9. The number of hydrogen-bond acceptors (Lipinski definition) is 2. The average Bonchev–Trinajstić information content (AvgIpc) is 3.26. The Hall–Kier alpha value is -3.10. The molecule has 0 bridgehead atoms. The van der Waals surface area contributed by atoms with Gasteiger partial charge in [0.05, 0.1) is 0 Å². The fraction of sp³-hybridized carbons (Fsp3) is 0.294. The van der Waals surface area contributed by atoms with Crippen LogP contribution in [-0.4, -0.2) is 0 Å². The van der Waals surface area contributed by atoms with E-state index >= 15 is 0 Å². The predicted octanol–water partition coefficient (Wildman–Crippen LogP) is 9.79. The number of benzene rings is 4. The second-order valence-electron chi connectivity index (χ2n) is 11.9. The van der Waals surface area contributed by atoms with E-state index in [4.69, 9.17) is 0 Å². The van der Waals surface area contributed by atoms with E-state index in [2.05, 4.69) is 103 Å². The summed E-state index contributed by atoms with van der Waals surface area (Å²) in [6, 6.07) is 33.7. The smallest absolute Gasteiger partial charge is 0.0384 e. The SMILES string of the molecule is CC1(c2ccc(Nc3ccc(-c4cccc5sc6ccccc6c45)cc3)cc2)CC2CC3CC(C1)C32. The van der Waals surface area contributed by atoms with Gasteiger partial charge in [0.25, 0.3) is 0 Å². The molecule has 0 aliphatic heterocycles. The molecule has 0 radical (unpaired) electrons. The molecule has 2 atom stereocenters. The van der Waals surface area contributed by atoms with Crippen molar-refractivity contribution in [3.8, 4) is 11.1 Å². The Kier molecular flexibility index (Phi) is 4.50. The van der Waals surface area contributed by atoms with E-state index in [1.807, 2.05) is 11.3 Å². The Morgan fingerprint density at radius 3 is 2.08 bits per heavy atom. The molecule has 2 unspecified atom stereocenters. The fourth-order valence-electron chi connectivity index (χ4n) is 8.05. The van der Waals surface area contributed by atoms with E-state index < -0.39 is 0 Å². The number of nitrogens with one attached hydrogen (secondary N) is 1. The molecule has 5 aromatic rings. The standard InChI is InChI=1S/C34H31NS/c1-34(19-23-17-22-18-24(20-34)32(22)23)25-11-15-27(16-12-25)35-26-13-9-21(10-14-26)28-6-4-8-31-33(28)29-5-2-3-7-30(29)36-31/h2-16,22-24,32,35H,17-20H2,1H3. The van der Waals surface area contributed by atoms with Crippen molar-refractivity contribution >= 4 is 42.9 Å². The normalized spacial score (nSPS) is 28.4. The van der Waals surface area contributed by atoms with Crippen molar-refractivity contribution in [3.63, 3.8) is 0 Å². The van der Waals surface area contributed by atoms with Crippen molar-refractivity contribution in [1.29, 1.82) is 0 Å². The van der Waals surface area contributed by atoms with Crippen molar-refractivity contribution < 1.29 is 0 Å². The summed E-state index contributed by atoms with van der Waals surface area (Å²) in [6.07, 6.45) is 5.79. The predicted molar refractivity (Wildman–Crippen MR) is 154 cm³/mol. The number of rotatable bonds is 4. The molecular weight excluding hydrogens is 454 g/mol. The Morgan fingerprint density at radius 2 is 1.36 bits per heavy atom. The van der Waals surface area contributed by atoms with Gasteiger partial charge >= 0.3 is 0 Å². The molecule has 36 heavy (non-hydrogen) atoms. The van der Waals surface area contributed by atoms with Crippen molar-refractivity contribution in [2.24, 2.45) is 23.7 Å². The van der Waals surface area contributed by atoms with Gasteiger partial charge in [-0.15, -0.1) is 11.3 Å². The summed E-state index contributed by atoms with van der Waals surface area (Å²) in [6.45, 7) is 2.52. The Morgan fingerprint density at radius 1 is 0.694 bits per heavy atom. The molecule has 3 saturated carbocycles. The van der Waals surface area contributed by atoms with Gasteiger partial charge in [0.1, 0.15) is 0 Å². The topological polar surface area (TPSA) is 12.0 Å². The zero-order valence-electron chi connectivity index (χ0n) is 20.7. The van der Waals surface area contributed by atoms with E-state index in [-0.39, 0.29) is 0 Å². The lowest BCUT2D eigenvalue weighted by atomic mass is 9.39. The van der Waals surface area contributed by atoms with Crippen LogP contribution in [0.2, 0.25) is 0 Å². The summed E-state index contributed by atoms with van der Waals surface area (Å²) < 4.78 is 2.71. The first kappa shape index (κ1) is 21.0. The molecule has 8 rings (SSSR count). The van der Waals surface area contributed by atoms with Crippen molar-refractivity contribution in [2.75, 3.05) is 5.32 Å². The maximum absolute atomic E-state index is 3.63. The first-order chi connectivity index (χ1) is 17.6. The number of fused-ring (bicyclic) bond motifs is 3. The van der Waals surface area contributed by atoms with Crippen LogP contribution in [0.4, 0.5) is 11.4 Å². The third kappa shape index (κ3) is 3.13. The molecule has 2 heteroatoms. The molecule has 4 aromatic carbocycles. The first-order valence-corrected chi connectivity index (χ1v) is 14.3. The minimum absolute atomic E-state index is 0.365. The van der Waals surface area contributed by atoms with E-state index in [9.17, 15) is 0 Å². The van der Waals surface area contributed by atoms with Crippen molar-refractivity contribution in [2.45, 2.75) is 38.0 Å². The largest absolute Gasteiger partial charge is 0.356 e. The van der Waals surface area contributed by atoms with Gasteiger partial charge in [-0.25, -0.2) is 0 Å². The Balaban J connectivity index is 1.03. The summed E-state index contributed by atoms with van der Waals surface area (Å²) >= 11 is 1.88. The lowest BCUT2D eigenvalue weighted by Crippen LogP contribution is -2.58. The highest BCUT2D eigenvalue weighted by Gasteiger charge is 2.59. The van der Waals surface area contributed by atoms with Gasteiger partial charge in [-0.05, 0) is 108 Å². The highest BCUT2D eigenvalue weighted by molar-refractivity contribution is 7.25. The van der Waals surface area contributed by atoms with Crippen LogP contribution in [0.3, 0.4) is 0 Å². The molecule has 0 spiro atoms. The molecule has 3 aliphatic rings. The zero-order valence-corrected chi connectivity index (χ0v) is 21.5. The van der Waals surface area contributed by atoms with Crippen LogP contribution >= 0.6 is 11.3 Å². The lowest BCUT2D eigenvalue weighted by molar-refractivity contribution is -0.141. The summed E-state index contributed by atoms with van der Waals surface area (Å²) in [5.41, 5.74) is 6.78. The van der Waals surface area contributed by atoms with Gasteiger partial charge in [-0.1, -0.05) is 61.5 Å². The number of thiophene rings is 1. The van der Waals surface area contributed by atoms with E-state index in [1.165, 1.54) is 68.2 Å². The fourth-order valence-corrected chi connectivity index (χ4v) is 9.18. The molecule has 1 heterocycles. The van der Waals surface area contributed by atoms with Gasteiger partial charge in [-0.2, -0.15) is 0 Å². The second kappa shape index (κ2) is 7.70. The first-order valence-electron chi connectivity index (χ1n) is 13.5. The third-order valence-electron chi connectivity index (χ3n) is 9.74. The second-order valence-corrected chi connectivity index (χ2v) is 12.9. The number of hydrogen-bond donors (Lipinski definition) is 1. The molecule has 3 fully saturated rings. The van der Waals surface area contributed by atoms with Gasteiger partial charge in [-0.3, -0.25) is 0 Å². The maximum Gasteiger partial charge on any atom is 0.0384 e. The summed E-state index contributed by atoms with van der Waals surface area (Å²) in [4.78, 5) is 0. The molecule has 178 valence electrons. The van der Waals surface area contributed by atoms with E-state index in [1.54, 1.807) is 0 Å². The molecule has 1 aromatic heterocycles. The van der Waals surface area contributed by atoms with Gasteiger partial charge in [0, 0.05) is 31.5 Å². The van der Waals surface area contributed by atoms with E-state index in [0.29, 0.717) is 5.41 Å². The van der Waals surface area contributed by atoms with E-state index in [0.717, 1.165) is 29.4 Å². The number of anilines is 2. The molecular formula is C34H31NS. The van der Waals surface area contributed by atoms with Crippen LogP contribution in [0.15, 0.2) is 91.0 Å². The minimum Gasteiger partial charge on any atom is -0.356 e. The average molecular weight is 486 g/mol. The summed E-state index contributed by atoms with van der Waals surface area (Å²) in [7, 11) is 0. The molecule has 3 aliphatic carbocycles. The molecule has 1 nitrogen and oxygen atoms in total. The Bertz CT molecular complexity index is 1580. The molecule has 1 N–H and O–H groups in total. The van der Waals surface area contributed by atoms with Crippen LogP contribution in [0, 0.1) is 23.7 Å². The van der Waals surface area contributed by atoms with Crippen LogP contribution in [0.25, 0.3) is 31.3 Å². The Labute approximate surface area is 217 Å². The maximum atomic E-state index is 3.63. The van der Waals surface area contributed by atoms with Gasteiger partial charge in [0.15, 0.2) is 0 Å². The van der Waals surface area contributed by atoms with Gasteiger partial charge < -0.3 is 5.32 Å². The van der Waals surface area contributed by atoms with Crippen molar-refractivity contribution in [3.05, 3.63) is 96.6 Å². The molecule has 0 amide bonds. The highest BCUT2D eigenvalue weighted by atomic mass is 32.1. The van der Waals surface area contributed by atoms with Crippen LogP contribution in [-0.2, 0) is 5.41 Å². The van der Waals surface area contributed by atoms with Crippen LogP contribution < -0.4 is 5.32 Å². The molecule has 0 saturated heterocycles. The third-order valence-corrected chi connectivity index (χ3v) is 10.9.